The Balaban J connectivity index is 1.91. The summed E-state index contributed by atoms with van der Waals surface area (Å²) in [6, 6.07) is 6.64. The van der Waals surface area contributed by atoms with Gasteiger partial charge in [-0.25, -0.2) is 0 Å². The fraction of sp³-hybridized carbons (Fsp3) is 0. The number of rotatable bonds is 2. The lowest BCUT2D eigenvalue weighted by Crippen LogP contribution is -2.41. The molecule has 2 rings (SSSR count). The average molecular weight is 247 g/mol. The Kier molecular flexibility index (Phi) is 3.46. The maximum Gasteiger partial charge on any atom is 0.288 e. The number of aromatic nitrogens is 1. The first-order chi connectivity index (χ1) is 8.27. The molecule has 2 amide bonds. The van der Waals surface area contributed by atoms with Gasteiger partial charge in [-0.1, -0.05) is 6.07 Å². The van der Waals surface area contributed by atoms with Crippen LogP contribution in [0.4, 0.5) is 0 Å². The van der Waals surface area contributed by atoms with Crippen molar-refractivity contribution in [2.24, 2.45) is 0 Å². The van der Waals surface area contributed by atoms with Crippen molar-refractivity contribution < 1.29 is 9.59 Å². The topological polar surface area (TPSA) is 71.1 Å². The summed E-state index contributed by atoms with van der Waals surface area (Å²) in [6.07, 6.45) is 1.51. The first-order valence-corrected chi connectivity index (χ1v) is 5.75. The Hall–Kier alpha value is -2.21. The van der Waals surface area contributed by atoms with Crippen LogP contribution < -0.4 is 10.9 Å². The van der Waals surface area contributed by atoms with Crippen LogP contribution >= 0.6 is 11.3 Å². The first kappa shape index (κ1) is 11.3. The SMILES string of the molecule is O=C(NNC(=O)c1ccccn1)c1ccsc1. The number of pyridine rings is 1. The van der Waals surface area contributed by atoms with E-state index in [1.165, 1.54) is 17.5 Å². The monoisotopic (exact) mass is 247 g/mol. The molecule has 2 aromatic heterocycles. The molecule has 0 spiro atoms. The summed E-state index contributed by atoms with van der Waals surface area (Å²) < 4.78 is 0. The van der Waals surface area contributed by atoms with Crippen LogP contribution in [0.1, 0.15) is 20.8 Å². The molecule has 0 aliphatic rings. The van der Waals surface area contributed by atoms with Gasteiger partial charge in [0, 0.05) is 11.6 Å². The standard InChI is InChI=1S/C11H9N3O2S/c15-10(8-4-6-17-7-8)13-14-11(16)9-3-1-2-5-12-9/h1-7H,(H,13,15)(H,14,16). The Morgan fingerprint density at radius 1 is 1.12 bits per heavy atom. The number of amides is 2. The van der Waals surface area contributed by atoms with Crippen molar-refractivity contribution in [3.05, 3.63) is 52.5 Å². The van der Waals surface area contributed by atoms with E-state index in [0.717, 1.165) is 0 Å². The number of hydrogen-bond acceptors (Lipinski definition) is 4. The summed E-state index contributed by atoms with van der Waals surface area (Å²) in [5, 5.41) is 3.48. The van der Waals surface area contributed by atoms with Crippen LogP contribution in [0.5, 0.6) is 0 Å². The molecule has 0 atom stereocenters. The van der Waals surface area contributed by atoms with Crippen LogP contribution in [0, 0.1) is 0 Å². The molecular weight excluding hydrogens is 238 g/mol. The molecule has 6 heteroatoms. The van der Waals surface area contributed by atoms with E-state index in [0.29, 0.717) is 5.56 Å². The summed E-state index contributed by atoms with van der Waals surface area (Å²) in [6.45, 7) is 0. The van der Waals surface area contributed by atoms with Gasteiger partial charge in [0.15, 0.2) is 0 Å². The van der Waals surface area contributed by atoms with Crippen molar-refractivity contribution in [2.45, 2.75) is 0 Å². The van der Waals surface area contributed by atoms with Crippen molar-refractivity contribution in [1.82, 2.24) is 15.8 Å². The molecule has 0 aliphatic carbocycles. The summed E-state index contributed by atoms with van der Waals surface area (Å²) in [7, 11) is 0. The molecule has 0 aliphatic heterocycles. The fourth-order valence-electron chi connectivity index (χ4n) is 1.14. The Morgan fingerprint density at radius 2 is 1.94 bits per heavy atom. The van der Waals surface area contributed by atoms with Crippen LogP contribution in [0.15, 0.2) is 41.2 Å². The van der Waals surface area contributed by atoms with Gasteiger partial charge in [0.2, 0.25) is 0 Å². The lowest BCUT2D eigenvalue weighted by molar-refractivity contribution is 0.0844. The third kappa shape index (κ3) is 2.88. The average Bonchev–Trinajstić information content (AvgIpc) is 2.90. The van der Waals surface area contributed by atoms with Gasteiger partial charge in [-0.15, -0.1) is 0 Å². The molecule has 0 radical (unpaired) electrons. The number of carbonyl (C=O) groups is 2. The summed E-state index contributed by atoms with van der Waals surface area (Å²) in [5.74, 6) is -0.801. The van der Waals surface area contributed by atoms with Gasteiger partial charge in [-0.3, -0.25) is 25.4 Å². The minimum Gasteiger partial charge on any atom is -0.267 e. The van der Waals surface area contributed by atoms with E-state index in [1.807, 2.05) is 0 Å². The van der Waals surface area contributed by atoms with Crippen molar-refractivity contribution in [2.75, 3.05) is 0 Å². The molecule has 0 saturated heterocycles. The first-order valence-electron chi connectivity index (χ1n) is 4.81. The molecule has 2 N–H and O–H groups in total. The number of nitrogens with zero attached hydrogens (tertiary/aromatic N) is 1. The van der Waals surface area contributed by atoms with Gasteiger partial charge >= 0.3 is 0 Å². The Morgan fingerprint density at radius 3 is 2.59 bits per heavy atom. The Labute approximate surface area is 101 Å². The highest BCUT2D eigenvalue weighted by atomic mass is 32.1. The van der Waals surface area contributed by atoms with Crippen molar-refractivity contribution >= 4 is 23.2 Å². The third-order valence-corrected chi connectivity index (χ3v) is 2.65. The van der Waals surface area contributed by atoms with Gasteiger partial charge in [-0.05, 0) is 23.6 Å². The normalized spacial score (nSPS) is 9.65. The summed E-state index contributed by atoms with van der Waals surface area (Å²) in [5.41, 5.74) is 5.36. The zero-order valence-corrected chi connectivity index (χ0v) is 9.53. The molecule has 0 aromatic carbocycles. The molecule has 0 bridgehead atoms. The van der Waals surface area contributed by atoms with Gasteiger partial charge in [0.05, 0.1) is 5.56 Å². The van der Waals surface area contributed by atoms with E-state index >= 15 is 0 Å². The smallest absolute Gasteiger partial charge is 0.267 e. The highest BCUT2D eigenvalue weighted by Crippen LogP contribution is 2.04. The second-order valence-electron chi connectivity index (χ2n) is 3.14. The minimum atomic E-state index is -0.450. The van der Waals surface area contributed by atoms with E-state index in [-0.39, 0.29) is 11.6 Å². The highest BCUT2D eigenvalue weighted by Gasteiger charge is 2.09. The maximum atomic E-state index is 11.5. The number of hydrazine groups is 1. The van der Waals surface area contributed by atoms with Crippen LogP contribution in [-0.4, -0.2) is 16.8 Å². The molecule has 86 valence electrons. The summed E-state index contributed by atoms with van der Waals surface area (Å²) >= 11 is 1.41. The van der Waals surface area contributed by atoms with Crippen LogP contribution in [0.3, 0.4) is 0 Å². The number of hydrogen-bond donors (Lipinski definition) is 2. The van der Waals surface area contributed by atoms with Gasteiger partial charge in [-0.2, -0.15) is 11.3 Å². The molecule has 0 saturated carbocycles. The van der Waals surface area contributed by atoms with Crippen LogP contribution in [0.2, 0.25) is 0 Å². The van der Waals surface area contributed by atoms with E-state index in [2.05, 4.69) is 15.8 Å². The fourth-order valence-corrected chi connectivity index (χ4v) is 1.78. The van der Waals surface area contributed by atoms with Gasteiger partial charge in [0.25, 0.3) is 11.8 Å². The van der Waals surface area contributed by atoms with E-state index in [4.69, 9.17) is 0 Å². The molecule has 0 unspecified atom stereocenters. The molecule has 2 heterocycles. The zero-order valence-electron chi connectivity index (χ0n) is 8.71. The van der Waals surface area contributed by atoms with Crippen LogP contribution in [0.25, 0.3) is 0 Å². The predicted molar refractivity (Wildman–Crippen MR) is 63.5 cm³/mol. The van der Waals surface area contributed by atoms with Crippen molar-refractivity contribution in [3.63, 3.8) is 0 Å². The van der Waals surface area contributed by atoms with E-state index < -0.39 is 5.91 Å². The second-order valence-corrected chi connectivity index (χ2v) is 3.92. The summed E-state index contributed by atoms with van der Waals surface area (Å²) in [4.78, 5) is 26.9. The largest absolute Gasteiger partial charge is 0.288 e. The van der Waals surface area contributed by atoms with Gasteiger partial charge in [0.1, 0.15) is 5.69 Å². The second kappa shape index (κ2) is 5.22. The van der Waals surface area contributed by atoms with Gasteiger partial charge < -0.3 is 0 Å². The van der Waals surface area contributed by atoms with Crippen molar-refractivity contribution in [3.8, 4) is 0 Å². The molecule has 0 fully saturated rings. The minimum absolute atomic E-state index is 0.248. The predicted octanol–water partition coefficient (Wildman–Crippen LogP) is 1.22. The zero-order chi connectivity index (χ0) is 12.1. The third-order valence-electron chi connectivity index (χ3n) is 1.97. The van der Waals surface area contributed by atoms with Crippen LogP contribution in [-0.2, 0) is 0 Å². The number of nitrogens with one attached hydrogen (secondary N) is 2. The maximum absolute atomic E-state index is 11.5. The van der Waals surface area contributed by atoms with E-state index in [1.54, 1.807) is 35.0 Å². The molecule has 2 aromatic rings. The van der Waals surface area contributed by atoms with Crippen molar-refractivity contribution in [1.29, 1.82) is 0 Å². The Bertz CT molecular complexity index is 511. The number of carbonyl (C=O) groups excluding carboxylic acids is 2. The number of thiophene rings is 1. The molecule has 5 nitrogen and oxygen atoms in total. The lowest BCUT2D eigenvalue weighted by Gasteiger charge is -2.05. The molecular formula is C11H9N3O2S. The lowest BCUT2D eigenvalue weighted by atomic mass is 10.3. The van der Waals surface area contributed by atoms with E-state index in [9.17, 15) is 9.59 Å². The highest BCUT2D eigenvalue weighted by molar-refractivity contribution is 7.08. The molecule has 17 heavy (non-hydrogen) atoms. The quantitative estimate of drug-likeness (QED) is 0.784.